The largest absolute Gasteiger partial charge is 0.295 e. The van der Waals surface area contributed by atoms with Crippen LogP contribution in [0.1, 0.15) is 11.4 Å². The molecule has 0 amide bonds. The van der Waals surface area contributed by atoms with E-state index in [4.69, 9.17) is 23.2 Å². The number of aromatic nitrogens is 2. The first kappa shape index (κ1) is 14.8. The average Bonchev–Trinajstić information content (AvgIpc) is 2.79. The van der Waals surface area contributed by atoms with Gasteiger partial charge in [0.15, 0.2) is 0 Å². The van der Waals surface area contributed by atoms with Crippen molar-refractivity contribution in [3.8, 4) is 5.69 Å². The van der Waals surface area contributed by atoms with Crippen LogP contribution in [0.3, 0.4) is 0 Å². The first-order valence-corrected chi connectivity index (χ1v) is 7.90. The summed E-state index contributed by atoms with van der Waals surface area (Å²) >= 11 is 15.4. The number of hydrogen-bond acceptors (Lipinski definition) is 1. The Morgan fingerprint density at radius 1 is 1.29 bits per heavy atom. The number of halogens is 4. The topological polar surface area (TPSA) is 17.8 Å². The lowest BCUT2D eigenvalue weighted by atomic mass is 10.2. The second kappa shape index (κ2) is 5.59. The fourth-order valence-electron chi connectivity index (χ4n) is 2.30. The van der Waals surface area contributed by atoms with Crippen LogP contribution in [0, 0.1) is 12.7 Å². The van der Waals surface area contributed by atoms with Gasteiger partial charge in [-0.2, -0.15) is 0 Å². The van der Waals surface area contributed by atoms with Gasteiger partial charge in [-0.3, -0.25) is 4.57 Å². The predicted octanol–water partition coefficient (Wildman–Crippen LogP) is 5.63. The Hall–Kier alpha value is -1.10. The Morgan fingerprint density at radius 2 is 2.05 bits per heavy atom. The molecule has 0 atom stereocenters. The van der Waals surface area contributed by atoms with Crippen molar-refractivity contribution < 1.29 is 4.39 Å². The SMILES string of the molecule is Cc1ccc(Br)cc1-n1c(CCl)nc2cc(F)c(Cl)cc21. The summed E-state index contributed by atoms with van der Waals surface area (Å²) < 4.78 is 16.5. The summed E-state index contributed by atoms with van der Waals surface area (Å²) in [6.45, 7) is 2.00. The van der Waals surface area contributed by atoms with E-state index in [1.54, 1.807) is 6.07 Å². The first-order chi connectivity index (χ1) is 10.0. The number of benzene rings is 2. The van der Waals surface area contributed by atoms with Gasteiger partial charge in [0, 0.05) is 10.5 Å². The summed E-state index contributed by atoms with van der Waals surface area (Å²) in [5, 5.41) is 0.0671. The highest BCUT2D eigenvalue weighted by atomic mass is 79.9. The van der Waals surface area contributed by atoms with Crippen molar-refractivity contribution in [2.75, 3.05) is 0 Å². The van der Waals surface area contributed by atoms with Crippen LogP contribution in [0.15, 0.2) is 34.8 Å². The number of rotatable bonds is 2. The van der Waals surface area contributed by atoms with Gasteiger partial charge in [0.2, 0.25) is 0 Å². The Balaban J connectivity index is 2.40. The maximum atomic E-state index is 13.6. The van der Waals surface area contributed by atoms with Crippen molar-refractivity contribution >= 4 is 50.2 Å². The predicted molar refractivity (Wildman–Crippen MR) is 88.0 cm³/mol. The van der Waals surface area contributed by atoms with Crippen molar-refractivity contribution in [2.24, 2.45) is 0 Å². The third-order valence-corrected chi connectivity index (χ3v) is 4.32. The van der Waals surface area contributed by atoms with E-state index in [1.165, 1.54) is 6.07 Å². The van der Waals surface area contributed by atoms with Crippen LogP contribution < -0.4 is 0 Å². The van der Waals surface area contributed by atoms with Crippen LogP contribution in [-0.4, -0.2) is 9.55 Å². The molecule has 0 aliphatic heterocycles. The zero-order valence-corrected chi connectivity index (χ0v) is 14.1. The average molecular weight is 388 g/mol. The minimum absolute atomic E-state index is 0.0671. The van der Waals surface area contributed by atoms with Gasteiger partial charge in [0.25, 0.3) is 0 Å². The Kier molecular flexibility index (Phi) is 3.95. The normalized spacial score (nSPS) is 11.3. The number of alkyl halides is 1. The molecular weight excluding hydrogens is 378 g/mol. The molecule has 2 nitrogen and oxygen atoms in total. The minimum Gasteiger partial charge on any atom is -0.295 e. The van der Waals surface area contributed by atoms with E-state index in [0.717, 1.165) is 21.2 Å². The molecule has 0 saturated carbocycles. The Bertz CT molecular complexity index is 845. The lowest BCUT2D eigenvalue weighted by Gasteiger charge is -2.12. The minimum atomic E-state index is -0.485. The summed E-state index contributed by atoms with van der Waals surface area (Å²) in [6.07, 6.45) is 0. The van der Waals surface area contributed by atoms with E-state index < -0.39 is 5.82 Å². The summed E-state index contributed by atoms with van der Waals surface area (Å²) in [5.74, 6) is 0.385. The van der Waals surface area contributed by atoms with Gasteiger partial charge >= 0.3 is 0 Å². The van der Waals surface area contributed by atoms with Gasteiger partial charge in [-0.1, -0.05) is 33.6 Å². The van der Waals surface area contributed by atoms with Crippen molar-refractivity contribution in [2.45, 2.75) is 12.8 Å². The van der Waals surface area contributed by atoms with Gasteiger partial charge in [-0.25, -0.2) is 9.37 Å². The number of aryl methyl sites for hydroxylation is 1. The van der Waals surface area contributed by atoms with Gasteiger partial charge in [-0.05, 0) is 30.7 Å². The van der Waals surface area contributed by atoms with Crippen LogP contribution in [0.5, 0.6) is 0 Å². The lowest BCUT2D eigenvalue weighted by Crippen LogP contribution is -2.01. The third kappa shape index (κ3) is 2.56. The molecule has 6 heteroatoms. The molecular formula is C15H10BrCl2FN2. The standard InChI is InChI=1S/C15H10BrCl2FN2/c1-8-2-3-9(16)4-13(8)21-14-5-10(18)11(19)6-12(14)20-15(21)7-17/h2-6H,7H2,1H3. The summed E-state index contributed by atoms with van der Waals surface area (Å²) in [6, 6.07) is 8.84. The molecule has 0 radical (unpaired) electrons. The van der Waals surface area contributed by atoms with Crippen molar-refractivity contribution in [1.82, 2.24) is 9.55 Å². The van der Waals surface area contributed by atoms with Crippen molar-refractivity contribution in [3.05, 3.63) is 57.0 Å². The van der Waals surface area contributed by atoms with Gasteiger partial charge in [-0.15, -0.1) is 11.6 Å². The molecule has 2 aromatic carbocycles. The second-order valence-electron chi connectivity index (χ2n) is 4.68. The van der Waals surface area contributed by atoms with Crippen LogP contribution in [0.4, 0.5) is 4.39 Å². The Morgan fingerprint density at radius 3 is 2.76 bits per heavy atom. The number of nitrogens with zero attached hydrogens (tertiary/aromatic N) is 2. The third-order valence-electron chi connectivity index (χ3n) is 3.30. The van der Waals surface area contributed by atoms with Gasteiger partial charge in [0.1, 0.15) is 11.6 Å². The Labute approximate surface area is 139 Å². The van der Waals surface area contributed by atoms with E-state index in [-0.39, 0.29) is 10.9 Å². The molecule has 0 bridgehead atoms. The van der Waals surface area contributed by atoms with E-state index in [9.17, 15) is 4.39 Å². The quantitative estimate of drug-likeness (QED) is 0.521. The molecule has 0 fully saturated rings. The first-order valence-electron chi connectivity index (χ1n) is 6.20. The summed E-state index contributed by atoms with van der Waals surface area (Å²) in [7, 11) is 0. The zero-order valence-electron chi connectivity index (χ0n) is 11.0. The molecule has 0 aliphatic carbocycles. The molecule has 0 spiro atoms. The molecule has 3 rings (SSSR count). The van der Waals surface area contributed by atoms with E-state index >= 15 is 0 Å². The smallest absolute Gasteiger partial charge is 0.144 e. The van der Waals surface area contributed by atoms with Gasteiger partial charge in [0.05, 0.1) is 27.6 Å². The summed E-state index contributed by atoms with van der Waals surface area (Å²) in [4.78, 5) is 4.40. The molecule has 0 saturated heterocycles. The zero-order chi connectivity index (χ0) is 15.1. The molecule has 1 aromatic heterocycles. The highest BCUT2D eigenvalue weighted by Crippen LogP contribution is 2.30. The molecule has 1 heterocycles. The molecule has 21 heavy (non-hydrogen) atoms. The maximum absolute atomic E-state index is 13.6. The highest BCUT2D eigenvalue weighted by Gasteiger charge is 2.16. The van der Waals surface area contributed by atoms with E-state index in [0.29, 0.717) is 11.3 Å². The number of hydrogen-bond donors (Lipinski definition) is 0. The van der Waals surface area contributed by atoms with Crippen LogP contribution in [-0.2, 0) is 5.88 Å². The number of imidazole rings is 1. The second-order valence-corrected chi connectivity index (χ2v) is 6.27. The fourth-order valence-corrected chi connectivity index (χ4v) is 2.99. The van der Waals surface area contributed by atoms with Crippen LogP contribution in [0.2, 0.25) is 5.02 Å². The van der Waals surface area contributed by atoms with Gasteiger partial charge < -0.3 is 0 Å². The number of fused-ring (bicyclic) bond motifs is 1. The molecule has 108 valence electrons. The molecule has 0 unspecified atom stereocenters. The highest BCUT2D eigenvalue weighted by molar-refractivity contribution is 9.10. The van der Waals surface area contributed by atoms with Crippen molar-refractivity contribution in [1.29, 1.82) is 0 Å². The van der Waals surface area contributed by atoms with Crippen LogP contribution >= 0.6 is 39.1 Å². The maximum Gasteiger partial charge on any atom is 0.144 e. The lowest BCUT2D eigenvalue weighted by molar-refractivity contribution is 0.630. The van der Waals surface area contributed by atoms with Crippen LogP contribution in [0.25, 0.3) is 16.7 Å². The van der Waals surface area contributed by atoms with E-state index in [1.807, 2.05) is 29.7 Å². The summed E-state index contributed by atoms with van der Waals surface area (Å²) in [5.41, 5.74) is 3.26. The fraction of sp³-hybridized carbons (Fsp3) is 0.133. The molecule has 3 aromatic rings. The monoisotopic (exact) mass is 386 g/mol. The molecule has 0 aliphatic rings. The van der Waals surface area contributed by atoms with E-state index in [2.05, 4.69) is 20.9 Å². The molecule has 0 N–H and O–H groups in total. The van der Waals surface area contributed by atoms with Crippen molar-refractivity contribution in [3.63, 3.8) is 0 Å².